The molecule has 0 unspecified atom stereocenters. The van der Waals surface area contributed by atoms with Crippen LogP contribution in [-0.4, -0.2) is 16.7 Å². The summed E-state index contributed by atoms with van der Waals surface area (Å²) in [4.78, 5) is 1.04. The Labute approximate surface area is 130 Å². The van der Waals surface area contributed by atoms with E-state index in [9.17, 15) is 4.39 Å². The first-order valence-corrected chi connectivity index (χ1v) is 8.47. The lowest BCUT2D eigenvalue weighted by molar-refractivity contribution is 0.550. The highest BCUT2D eigenvalue weighted by Crippen LogP contribution is 2.35. The van der Waals surface area contributed by atoms with Gasteiger partial charge in [0.2, 0.25) is 0 Å². The van der Waals surface area contributed by atoms with Crippen LogP contribution in [0.4, 0.5) is 4.39 Å². The minimum Gasteiger partial charge on any atom is -0.310 e. The Kier molecular flexibility index (Phi) is 4.28. The van der Waals surface area contributed by atoms with Gasteiger partial charge in [-0.15, -0.1) is 21.5 Å². The van der Waals surface area contributed by atoms with E-state index < -0.39 is 0 Å². The predicted molar refractivity (Wildman–Crippen MR) is 87.2 cm³/mol. The number of nitrogens with one attached hydrogen (secondary N) is 1. The summed E-state index contributed by atoms with van der Waals surface area (Å²) in [7, 11) is 0. The first-order valence-electron chi connectivity index (χ1n) is 6.84. The van der Waals surface area contributed by atoms with Crippen molar-refractivity contribution in [1.29, 1.82) is 0 Å². The lowest BCUT2D eigenvalue weighted by Crippen LogP contribution is -2.18. The number of halogens is 1. The van der Waals surface area contributed by atoms with E-state index in [0.29, 0.717) is 5.92 Å². The minimum atomic E-state index is -0.202. The zero-order chi connectivity index (χ0) is 14.8. The number of aromatic nitrogens is 2. The highest BCUT2D eigenvalue weighted by atomic mass is 32.1. The van der Waals surface area contributed by atoms with Crippen LogP contribution in [0.15, 0.2) is 24.3 Å². The Hall–Kier alpha value is -1.37. The molecule has 2 aromatic heterocycles. The summed E-state index contributed by atoms with van der Waals surface area (Å²) < 4.78 is 14.2. The summed E-state index contributed by atoms with van der Waals surface area (Å²) >= 11 is 3.14. The Balaban J connectivity index is 1.78. The number of thiophene rings is 1. The summed E-state index contributed by atoms with van der Waals surface area (Å²) in [6, 6.07) is 6.90. The highest BCUT2D eigenvalue weighted by molar-refractivity contribution is 7.25. The van der Waals surface area contributed by atoms with E-state index in [-0.39, 0.29) is 5.82 Å². The number of benzene rings is 1. The molecule has 1 aromatic carbocycles. The molecule has 2 heterocycles. The highest BCUT2D eigenvalue weighted by Gasteiger charge is 2.10. The van der Waals surface area contributed by atoms with Gasteiger partial charge in [0.25, 0.3) is 0 Å². The zero-order valence-corrected chi connectivity index (χ0v) is 13.5. The maximum atomic E-state index is 13.2. The Bertz CT molecular complexity index is 748. The number of hydrogen-bond acceptors (Lipinski definition) is 5. The van der Waals surface area contributed by atoms with Gasteiger partial charge in [-0.1, -0.05) is 31.3 Å². The van der Waals surface area contributed by atoms with Crippen molar-refractivity contribution in [2.75, 3.05) is 6.54 Å². The van der Waals surface area contributed by atoms with E-state index in [2.05, 4.69) is 29.4 Å². The second-order valence-electron chi connectivity index (χ2n) is 5.32. The van der Waals surface area contributed by atoms with Crippen LogP contribution < -0.4 is 5.32 Å². The quantitative estimate of drug-likeness (QED) is 0.761. The third kappa shape index (κ3) is 3.45. The average molecular weight is 321 g/mol. The molecular weight excluding hydrogens is 305 g/mol. The lowest BCUT2D eigenvalue weighted by atomic mass is 10.2. The molecule has 0 aliphatic heterocycles. The lowest BCUT2D eigenvalue weighted by Gasteiger charge is -2.03. The van der Waals surface area contributed by atoms with Crippen molar-refractivity contribution in [3.8, 4) is 9.88 Å². The van der Waals surface area contributed by atoms with Gasteiger partial charge in [-0.2, -0.15) is 0 Å². The van der Waals surface area contributed by atoms with Crippen LogP contribution in [0.2, 0.25) is 0 Å². The van der Waals surface area contributed by atoms with Gasteiger partial charge in [0, 0.05) is 11.2 Å². The van der Waals surface area contributed by atoms with E-state index in [4.69, 9.17) is 0 Å². The van der Waals surface area contributed by atoms with Gasteiger partial charge in [0.1, 0.15) is 10.8 Å². The molecule has 3 nitrogen and oxygen atoms in total. The number of nitrogens with zero attached hydrogens (tertiary/aromatic N) is 2. The van der Waals surface area contributed by atoms with Gasteiger partial charge >= 0.3 is 0 Å². The van der Waals surface area contributed by atoms with Crippen LogP contribution in [0.1, 0.15) is 18.9 Å². The second-order valence-corrected chi connectivity index (χ2v) is 7.46. The van der Waals surface area contributed by atoms with Crippen molar-refractivity contribution in [3.05, 3.63) is 35.1 Å². The average Bonchev–Trinajstić information content (AvgIpc) is 3.03. The third-order valence-electron chi connectivity index (χ3n) is 2.99. The van der Waals surface area contributed by atoms with Crippen molar-refractivity contribution in [1.82, 2.24) is 15.5 Å². The van der Waals surface area contributed by atoms with Crippen LogP contribution in [0, 0.1) is 11.7 Å². The number of fused-ring (bicyclic) bond motifs is 1. The Morgan fingerprint density at radius 1 is 1.19 bits per heavy atom. The van der Waals surface area contributed by atoms with Crippen molar-refractivity contribution < 1.29 is 4.39 Å². The van der Waals surface area contributed by atoms with Gasteiger partial charge < -0.3 is 5.32 Å². The molecule has 21 heavy (non-hydrogen) atoms. The zero-order valence-electron chi connectivity index (χ0n) is 11.9. The molecule has 0 amide bonds. The van der Waals surface area contributed by atoms with Crippen molar-refractivity contribution in [2.45, 2.75) is 20.4 Å². The van der Waals surface area contributed by atoms with E-state index in [0.717, 1.165) is 38.1 Å². The summed E-state index contributed by atoms with van der Waals surface area (Å²) in [5.74, 6) is 0.418. The fourth-order valence-electron chi connectivity index (χ4n) is 2.00. The van der Waals surface area contributed by atoms with Crippen molar-refractivity contribution in [2.24, 2.45) is 5.92 Å². The van der Waals surface area contributed by atoms with Crippen molar-refractivity contribution in [3.63, 3.8) is 0 Å². The first-order chi connectivity index (χ1) is 10.1. The number of rotatable bonds is 5. The van der Waals surface area contributed by atoms with Crippen LogP contribution in [0.5, 0.6) is 0 Å². The summed E-state index contributed by atoms with van der Waals surface area (Å²) in [5, 5.41) is 14.8. The molecule has 0 atom stereocenters. The Morgan fingerprint density at radius 3 is 2.86 bits per heavy atom. The summed E-state index contributed by atoms with van der Waals surface area (Å²) in [6.45, 7) is 6.07. The monoisotopic (exact) mass is 321 g/mol. The second kappa shape index (κ2) is 6.17. The Morgan fingerprint density at radius 2 is 2.05 bits per heavy atom. The van der Waals surface area contributed by atoms with E-state index in [1.165, 1.54) is 6.07 Å². The smallest absolute Gasteiger partial charge is 0.157 e. The predicted octanol–water partition coefficient (Wildman–Crippen LogP) is 4.30. The molecule has 3 rings (SSSR count). The molecule has 6 heteroatoms. The van der Waals surface area contributed by atoms with Gasteiger partial charge in [0.15, 0.2) is 5.01 Å². The fraction of sp³-hybridized carbons (Fsp3) is 0.333. The SMILES string of the molecule is CC(C)CNCc1nnc(-c2cc3ccc(F)cc3s2)s1. The van der Waals surface area contributed by atoms with Crippen LogP contribution in [0.3, 0.4) is 0 Å². The molecule has 0 spiro atoms. The normalized spacial score (nSPS) is 11.6. The fourth-order valence-corrected chi connectivity index (χ4v) is 3.94. The molecule has 0 aliphatic rings. The maximum Gasteiger partial charge on any atom is 0.157 e. The first kappa shape index (κ1) is 14.6. The van der Waals surface area contributed by atoms with E-state index >= 15 is 0 Å². The summed E-state index contributed by atoms with van der Waals surface area (Å²) in [5.41, 5.74) is 0. The molecular formula is C15H16FN3S2. The molecule has 0 fully saturated rings. The van der Waals surface area contributed by atoms with Crippen LogP contribution >= 0.6 is 22.7 Å². The van der Waals surface area contributed by atoms with Gasteiger partial charge in [-0.3, -0.25) is 0 Å². The molecule has 1 N–H and O–H groups in total. The topological polar surface area (TPSA) is 37.8 Å². The molecule has 0 saturated carbocycles. The van der Waals surface area contributed by atoms with E-state index in [1.807, 2.05) is 6.07 Å². The van der Waals surface area contributed by atoms with E-state index in [1.54, 1.807) is 34.8 Å². The maximum absolute atomic E-state index is 13.2. The molecule has 0 saturated heterocycles. The molecule has 0 bridgehead atoms. The largest absolute Gasteiger partial charge is 0.310 e. The number of hydrogen-bond donors (Lipinski definition) is 1. The van der Waals surface area contributed by atoms with Crippen LogP contribution in [-0.2, 0) is 6.54 Å². The molecule has 110 valence electrons. The van der Waals surface area contributed by atoms with Crippen LogP contribution in [0.25, 0.3) is 20.0 Å². The van der Waals surface area contributed by atoms with Gasteiger partial charge in [-0.05, 0) is 36.0 Å². The molecule has 0 radical (unpaired) electrons. The minimum absolute atomic E-state index is 0.202. The summed E-state index contributed by atoms with van der Waals surface area (Å²) in [6.07, 6.45) is 0. The standard InChI is InChI=1S/C15H16FN3S2/c1-9(2)7-17-8-14-18-19-15(21-14)13-5-10-3-4-11(16)6-12(10)20-13/h3-6,9,17H,7-8H2,1-2H3. The van der Waals surface area contributed by atoms with Gasteiger partial charge in [-0.25, -0.2) is 4.39 Å². The third-order valence-corrected chi connectivity index (χ3v) is 5.18. The van der Waals surface area contributed by atoms with Gasteiger partial charge in [0.05, 0.1) is 4.88 Å². The molecule has 0 aliphatic carbocycles. The molecule has 3 aromatic rings. The van der Waals surface area contributed by atoms with Crippen molar-refractivity contribution >= 4 is 32.8 Å².